The summed E-state index contributed by atoms with van der Waals surface area (Å²) in [5.74, 6) is 2.23. The van der Waals surface area contributed by atoms with Gasteiger partial charge in [0.15, 0.2) is 0 Å². The molecule has 4 rings (SSSR count). The quantitative estimate of drug-likeness (QED) is 0.692. The smallest absolute Gasteiger partial charge is 0.123 e. The van der Waals surface area contributed by atoms with Crippen molar-refractivity contribution in [3.63, 3.8) is 0 Å². The second-order valence-corrected chi connectivity index (χ2v) is 7.98. The van der Waals surface area contributed by atoms with Crippen LogP contribution in [-0.4, -0.2) is 6.10 Å². The zero-order valence-electron chi connectivity index (χ0n) is 15.1. The maximum atomic E-state index is 6.28. The Kier molecular flexibility index (Phi) is 4.12. The Morgan fingerprint density at radius 2 is 1.67 bits per heavy atom. The average molecular weight is 320 g/mol. The summed E-state index contributed by atoms with van der Waals surface area (Å²) in [7, 11) is 0. The van der Waals surface area contributed by atoms with E-state index < -0.39 is 0 Å². The van der Waals surface area contributed by atoms with Crippen molar-refractivity contribution in [3.8, 4) is 5.75 Å². The van der Waals surface area contributed by atoms with Crippen LogP contribution < -0.4 is 4.74 Å². The zero-order valence-corrected chi connectivity index (χ0v) is 15.1. The molecule has 0 spiro atoms. The molecule has 1 heteroatoms. The second kappa shape index (κ2) is 6.27. The first-order chi connectivity index (χ1) is 11.6. The molecule has 0 bridgehead atoms. The Morgan fingerprint density at radius 3 is 2.50 bits per heavy atom. The molecule has 2 aliphatic rings. The fraction of sp³-hybridized carbons (Fsp3) is 0.478. The number of rotatable bonds is 4. The minimum Gasteiger partial charge on any atom is -0.490 e. The van der Waals surface area contributed by atoms with Gasteiger partial charge in [-0.1, -0.05) is 51.1 Å². The monoisotopic (exact) mass is 320 g/mol. The van der Waals surface area contributed by atoms with Gasteiger partial charge in [-0.05, 0) is 71.4 Å². The summed E-state index contributed by atoms with van der Waals surface area (Å²) in [6.45, 7) is 6.83. The maximum Gasteiger partial charge on any atom is 0.123 e. The molecule has 0 aromatic heterocycles. The van der Waals surface area contributed by atoms with Gasteiger partial charge in [0.05, 0.1) is 0 Å². The number of hydrogen-bond acceptors (Lipinski definition) is 1. The highest BCUT2D eigenvalue weighted by Crippen LogP contribution is 2.36. The van der Waals surface area contributed by atoms with E-state index in [9.17, 15) is 0 Å². The summed E-state index contributed by atoms with van der Waals surface area (Å²) in [6, 6.07) is 13.9. The summed E-state index contributed by atoms with van der Waals surface area (Å²) in [5, 5.41) is 0. The molecule has 1 aliphatic heterocycles. The Hall–Kier alpha value is -1.76. The topological polar surface area (TPSA) is 9.23 Å². The van der Waals surface area contributed by atoms with Crippen molar-refractivity contribution in [2.75, 3.05) is 0 Å². The number of fused-ring (bicyclic) bond motifs is 2. The lowest BCUT2D eigenvalue weighted by Gasteiger charge is -2.18. The molecule has 0 saturated carbocycles. The molecule has 2 aromatic rings. The van der Waals surface area contributed by atoms with Gasteiger partial charge in [-0.2, -0.15) is 0 Å². The molecule has 0 N–H and O–H groups in total. The van der Waals surface area contributed by atoms with Crippen LogP contribution in [0.15, 0.2) is 36.4 Å². The molecule has 1 heterocycles. The molecule has 1 nitrogen and oxygen atoms in total. The zero-order chi connectivity index (χ0) is 16.7. The highest BCUT2D eigenvalue weighted by molar-refractivity contribution is 5.42. The summed E-state index contributed by atoms with van der Waals surface area (Å²) in [5.41, 5.74) is 7.39. The van der Waals surface area contributed by atoms with E-state index in [1.807, 2.05) is 0 Å². The summed E-state index contributed by atoms with van der Waals surface area (Å²) >= 11 is 0. The van der Waals surface area contributed by atoms with E-state index in [2.05, 4.69) is 57.2 Å². The van der Waals surface area contributed by atoms with Gasteiger partial charge in [-0.25, -0.2) is 0 Å². The lowest BCUT2D eigenvalue weighted by molar-refractivity contribution is 0.212. The minimum absolute atomic E-state index is 0.325. The molecule has 24 heavy (non-hydrogen) atoms. The third-order valence-corrected chi connectivity index (χ3v) is 5.81. The van der Waals surface area contributed by atoms with Crippen LogP contribution in [0.1, 0.15) is 73.3 Å². The normalized spacial score (nSPS) is 19.9. The van der Waals surface area contributed by atoms with Gasteiger partial charge in [-0.15, -0.1) is 0 Å². The first kappa shape index (κ1) is 15.7. The standard InChI is InChI=1S/C23H28O/c1-15(2)18-8-10-21-13-22(24-23(21)14-18)11-16(3)19-9-7-17-5-4-6-20(17)12-19/h7-10,12,14-16,22H,4-6,11,13H2,1-3H3. The van der Waals surface area contributed by atoms with Gasteiger partial charge >= 0.3 is 0 Å². The summed E-state index contributed by atoms with van der Waals surface area (Å²) < 4.78 is 6.28. The molecule has 2 atom stereocenters. The third kappa shape index (κ3) is 2.97. The molecule has 0 amide bonds. The fourth-order valence-corrected chi connectivity index (χ4v) is 4.24. The van der Waals surface area contributed by atoms with Crippen molar-refractivity contribution in [1.29, 1.82) is 0 Å². The molecule has 2 aromatic carbocycles. The van der Waals surface area contributed by atoms with Crippen LogP contribution in [0.3, 0.4) is 0 Å². The van der Waals surface area contributed by atoms with Gasteiger partial charge in [0.2, 0.25) is 0 Å². The van der Waals surface area contributed by atoms with Crippen LogP contribution in [0.2, 0.25) is 0 Å². The largest absolute Gasteiger partial charge is 0.490 e. The second-order valence-electron chi connectivity index (χ2n) is 7.98. The Bertz CT molecular complexity index is 744. The van der Waals surface area contributed by atoms with E-state index in [1.165, 1.54) is 36.0 Å². The van der Waals surface area contributed by atoms with Crippen molar-refractivity contribution in [2.45, 2.75) is 70.8 Å². The SMILES string of the molecule is CC(C)c1ccc2c(c1)OC(CC(C)c1ccc3c(c1)CCC3)C2. The van der Waals surface area contributed by atoms with Crippen LogP contribution in [0, 0.1) is 0 Å². The molecule has 1 aliphatic carbocycles. The van der Waals surface area contributed by atoms with Gasteiger partial charge in [0.25, 0.3) is 0 Å². The maximum absolute atomic E-state index is 6.28. The van der Waals surface area contributed by atoms with E-state index in [-0.39, 0.29) is 0 Å². The van der Waals surface area contributed by atoms with E-state index in [1.54, 1.807) is 11.1 Å². The Balaban J connectivity index is 1.44. The van der Waals surface area contributed by atoms with Gasteiger partial charge in [-0.3, -0.25) is 0 Å². The van der Waals surface area contributed by atoms with Crippen molar-refractivity contribution in [3.05, 3.63) is 64.2 Å². The first-order valence-electron chi connectivity index (χ1n) is 9.51. The highest BCUT2D eigenvalue weighted by Gasteiger charge is 2.26. The van der Waals surface area contributed by atoms with Crippen molar-refractivity contribution in [2.24, 2.45) is 0 Å². The van der Waals surface area contributed by atoms with Crippen LogP contribution in [0.4, 0.5) is 0 Å². The van der Waals surface area contributed by atoms with E-state index in [4.69, 9.17) is 4.74 Å². The van der Waals surface area contributed by atoms with E-state index >= 15 is 0 Å². The van der Waals surface area contributed by atoms with Crippen LogP contribution in [0.5, 0.6) is 5.75 Å². The van der Waals surface area contributed by atoms with Crippen molar-refractivity contribution >= 4 is 0 Å². The molecule has 0 saturated heterocycles. The Labute approximate surface area is 146 Å². The first-order valence-corrected chi connectivity index (χ1v) is 9.51. The number of hydrogen-bond donors (Lipinski definition) is 0. The van der Waals surface area contributed by atoms with E-state index in [0.717, 1.165) is 18.6 Å². The molecule has 2 unspecified atom stereocenters. The highest BCUT2D eigenvalue weighted by atomic mass is 16.5. The van der Waals surface area contributed by atoms with Crippen molar-refractivity contribution < 1.29 is 4.74 Å². The van der Waals surface area contributed by atoms with Gasteiger partial charge in [0, 0.05) is 6.42 Å². The average Bonchev–Trinajstić information content (AvgIpc) is 3.18. The lowest BCUT2D eigenvalue weighted by Crippen LogP contribution is -2.16. The predicted octanol–water partition coefficient (Wildman–Crippen LogP) is 5.80. The number of aryl methyl sites for hydroxylation is 2. The molecule has 0 radical (unpaired) electrons. The summed E-state index contributed by atoms with van der Waals surface area (Å²) in [6.07, 6.45) is 6.34. The van der Waals surface area contributed by atoms with Crippen LogP contribution in [-0.2, 0) is 19.3 Å². The Morgan fingerprint density at radius 1 is 0.917 bits per heavy atom. The summed E-state index contributed by atoms with van der Waals surface area (Å²) in [4.78, 5) is 0. The number of benzene rings is 2. The fourth-order valence-electron chi connectivity index (χ4n) is 4.24. The van der Waals surface area contributed by atoms with Crippen molar-refractivity contribution in [1.82, 2.24) is 0 Å². The molecular weight excluding hydrogens is 292 g/mol. The molecule has 0 fully saturated rings. The van der Waals surface area contributed by atoms with E-state index in [0.29, 0.717) is 17.9 Å². The van der Waals surface area contributed by atoms with Gasteiger partial charge in [0.1, 0.15) is 11.9 Å². The third-order valence-electron chi connectivity index (χ3n) is 5.81. The van der Waals surface area contributed by atoms with Crippen LogP contribution in [0.25, 0.3) is 0 Å². The minimum atomic E-state index is 0.325. The van der Waals surface area contributed by atoms with Crippen LogP contribution >= 0.6 is 0 Å². The molecule has 126 valence electrons. The number of ether oxygens (including phenoxy) is 1. The lowest BCUT2D eigenvalue weighted by atomic mass is 9.91. The molecular formula is C23H28O. The predicted molar refractivity (Wildman–Crippen MR) is 100 cm³/mol. The van der Waals surface area contributed by atoms with Gasteiger partial charge < -0.3 is 4.74 Å².